The van der Waals surface area contributed by atoms with Gasteiger partial charge in [-0.15, -0.1) is 0 Å². The smallest absolute Gasteiger partial charge is 0.0439 e. The summed E-state index contributed by atoms with van der Waals surface area (Å²) >= 11 is 0. The van der Waals surface area contributed by atoms with Crippen molar-refractivity contribution in [2.24, 2.45) is 5.10 Å². The summed E-state index contributed by atoms with van der Waals surface area (Å²) in [4.78, 5) is 0. The average Bonchev–Trinajstić information content (AvgIpc) is 1.91. The molecule has 1 N–H and O–H groups in total. The minimum absolute atomic E-state index is 0.622. The van der Waals surface area contributed by atoms with E-state index in [1.54, 1.807) is 0 Å². The fourth-order valence-corrected chi connectivity index (χ4v) is 1.36. The van der Waals surface area contributed by atoms with Crippen LogP contribution in [0.1, 0.15) is 32.1 Å². The number of nitrogens with zero attached hydrogens (tertiary/aromatic N) is 1. The van der Waals surface area contributed by atoms with Crippen molar-refractivity contribution in [1.82, 2.24) is 5.43 Å². The molecule has 0 spiro atoms. The molecule has 2 nitrogen and oxygen atoms in total. The number of hydrogen-bond donors (Lipinski definition) is 1. The first kappa shape index (κ1) is 6.59. The number of hydrazone groups is 1. The predicted octanol–water partition coefficient (Wildman–Crippen LogP) is 1.52. The van der Waals surface area contributed by atoms with Gasteiger partial charge >= 0.3 is 0 Å². The molecular formula is C7H14N2. The van der Waals surface area contributed by atoms with Gasteiger partial charge in [0.05, 0.1) is 0 Å². The van der Waals surface area contributed by atoms with Crippen LogP contribution < -0.4 is 5.43 Å². The van der Waals surface area contributed by atoms with Gasteiger partial charge in [-0.2, -0.15) is 5.10 Å². The lowest BCUT2D eigenvalue weighted by Crippen LogP contribution is -2.26. The van der Waals surface area contributed by atoms with Crippen molar-refractivity contribution in [3.8, 4) is 0 Å². The number of rotatable bonds is 2. The molecule has 2 heteroatoms. The maximum atomic E-state index is 3.66. The van der Waals surface area contributed by atoms with E-state index in [0.29, 0.717) is 6.04 Å². The summed E-state index contributed by atoms with van der Waals surface area (Å²) in [6, 6.07) is 0.622. The zero-order valence-electron chi connectivity index (χ0n) is 5.77. The highest BCUT2D eigenvalue weighted by molar-refractivity contribution is 5.22. The zero-order valence-corrected chi connectivity index (χ0v) is 5.77. The minimum Gasteiger partial charge on any atom is -0.308 e. The van der Waals surface area contributed by atoms with Crippen LogP contribution in [-0.2, 0) is 0 Å². The lowest BCUT2D eigenvalue weighted by molar-refractivity contribution is 0.381. The number of nitrogens with one attached hydrogen (secondary N) is 1. The van der Waals surface area contributed by atoms with E-state index in [-0.39, 0.29) is 0 Å². The molecule has 0 saturated heterocycles. The third-order valence-electron chi connectivity index (χ3n) is 1.88. The van der Waals surface area contributed by atoms with E-state index in [9.17, 15) is 0 Å². The molecule has 1 aliphatic carbocycles. The molecule has 1 rings (SSSR count). The molecule has 52 valence electrons. The van der Waals surface area contributed by atoms with Crippen molar-refractivity contribution in [3.63, 3.8) is 0 Å². The Morgan fingerprint density at radius 2 is 1.89 bits per heavy atom. The standard InChI is InChI=1S/C7H14N2/c1-8-9-7-5-3-2-4-6-7/h7,9H,1-6H2. The first-order chi connectivity index (χ1) is 4.43. The fourth-order valence-electron chi connectivity index (χ4n) is 1.36. The van der Waals surface area contributed by atoms with Crippen LogP contribution in [-0.4, -0.2) is 12.8 Å². The van der Waals surface area contributed by atoms with Gasteiger partial charge in [0.25, 0.3) is 0 Å². The second-order valence-electron chi connectivity index (χ2n) is 2.62. The van der Waals surface area contributed by atoms with Crippen LogP contribution in [0.5, 0.6) is 0 Å². The molecule has 0 aromatic rings. The van der Waals surface area contributed by atoms with Gasteiger partial charge in [0.1, 0.15) is 0 Å². The largest absolute Gasteiger partial charge is 0.308 e. The Balaban J connectivity index is 2.15. The summed E-state index contributed by atoms with van der Waals surface area (Å²) in [5.41, 5.74) is 3.00. The van der Waals surface area contributed by atoms with Crippen LogP contribution in [0, 0.1) is 0 Å². The monoisotopic (exact) mass is 126 g/mol. The summed E-state index contributed by atoms with van der Waals surface area (Å²) in [7, 11) is 0. The number of hydrogen-bond acceptors (Lipinski definition) is 2. The second-order valence-corrected chi connectivity index (χ2v) is 2.62. The maximum absolute atomic E-state index is 3.66. The fraction of sp³-hybridized carbons (Fsp3) is 0.857. The average molecular weight is 126 g/mol. The quantitative estimate of drug-likeness (QED) is 0.440. The minimum atomic E-state index is 0.622. The van der Waals surface area contributed by atoms with Crippen molar-refractivity contribution < 1.29 is 0 Å². The van der Waals surface area contributed by atoms with Crippen molar-refractivity contribution in [1.29, 1.82) is 0 Å². The summed E-state index contributed by atoms with van der Waals surface area (Å²) in [6.45, 7) is 3.39. The SMILES string of the molecule is C=NNC1CCCCC1. The van der Waals surface area contributed by atoms with Gasteiger partial charge in [0.15, 0.2) is 0 Å². The van der Waals surface area contributed by atoms with Gasteiger partial charge in [-0.25, -0.2) is 0 Å². The Labute approximate surface area is 56.3 Å². The van der Waals surface area contributed by atoms with Crippen LogP contribution in [0.2, 0.25) is 0 Å². The van der Waals surface area contributed by atoms with E-state index in [2.05, 4.69) is 17.2 Å². The first-order valence-electron chi connectivity index (χ1n) is 3.65. The first-order valence-corrected chi connectivity index (χ1v) is 3.65. The van der Waals surface area contributed by atoms with Gasteiger partial charge in [-0.1, -0.05) is 19.3 Å². The molecule has 1 fully saturated rings. The zero-order chi connectivity index (χ0) is 6.53. The summed E-state index contributed by atoms with van der Waals surface area (Å²) in [5, 5.41) is 3.66. The Morgan fingerprint density at radius 3 is 2.44 bits per heavy atom. The van der Waals surface area contributed by atoms with Gasteiger partial charge in [-0.05, 0) is 12.8 Å². The molecule has 0 unspecified atom stereocenters. The van der Waals surface area contributed by atoms with Crippen LogP contribution in [0.3, 0.4) is 0 Å². The Bertz CT molecular complexity index is 84.9. The topological polar surface area (TPSA) is 24.4 Å². The van der Waals surface area contributed by atoms with E-state index < -0.39 is 0 Å². The molecule has 9 heavy (non-hydrogen) atoms. The van der Waals surface area contributed by atoms with E-state index in [1.165, 1.54) is 32.1 Å². The highest BCUT2D eigenvalue weighted by Crippen LogP contribution is 2.16. The van der Waals surface area contributed by atoms with E-state index in [0.717, 1.165) is 0 Å². The Morgan fingerprint density at radius 1 is 1.22 bits per heavy atom. The normalized spacial score (nSPS) is 21.3. The van der Waals surface area contributed by atoms with Crippen LogP contribution in [0.15, 0.2) is 5.10 Å². The van der Waals surface area contributed by atoms with Gasteiger partial charge in [0.2, 0.25) is 0 Å². The lowest BCUT2D eigenvalue weighted by Gasteiger charge is -2.20. The lowest BCUT2D eigenvalue weighted by atomic mass is 9.96. The van der Waals surface area contributed by atoms with E-state index in [4.69, 9.17) is 0 Å². The van der Waals surface area contributed by atoms with E-state index >= 15 is 0 Å². The molecule has 0 aliphatic heterocycles. The molecule has 0 atom stereocenters. The summed E-state index contributed by atoms with van der Waals surface area (Å²) in [5.74, 6) is 0. The second kappa shape index (κ2) is 3.49. The van der Waals surface area contributed by atoms with Gasteiger partial charge in [0, 0.05) is 12.8 Å². The third kappa shape index (κ3) is 2.04. The molecule has 0 aromatic carbocycles. The summed E-state index contributed by atoms with van der Waals surface area (Å²) < 4.78 is 0. The summed E-state index contributed by atoms with van der Waals surface area (Å²) in [6.07, 6.45) is 6.66. The molecule has 1 aliphatic rings. The van der Waals surface area contributed by atoms with Crippen molar-refractivity contribution >= 4 is 6.72 Å². The van der Waals surface area contributed by atoms with Gasteiger partial charge < -0.3 is 5.43 Å². The molecule has 0 radical (unpaired) electrons. The Kier molecular flexibility index (Phi) is 2.55. The van der Waals surface area contributed by atoms with Crippen LogP contribution >= 0.6 is 0 Å². The molecule has 1 saturated carbocycles. The molecule has 0 bridgehead atoms. The van der Waals surface area contributed by atoms with Crippen LogP contribution in [0.4, 0.5) is 0 Å². The van der Waals surface area contributed by atoms with Crippen molar-refractivity contribution in [3.05, 3.63) is 0 Å². The van der Waals surface area contributed by atoms with Crippen molar-refractivity contribution in [2.45, 2.75) is 38.1 Å². The molecular weight excluding hydrogens is 112 g/mol. The maximum Gasteiger partial charge on any atom is 0.0439 e. The van der Waals surface area contributed by atoms with Crippen molar-refractivity contribution in [2.75, 3.05) is 0 Å². The van der Waals surface area contributed by atoms with E-state index in [1.807, 2.05) is 0 Å². The highest BCUT2D eigenvalue weighted by Gasteiger charge is 2.10. The Hall–Kier alpha value is -0.530. The van der Waals surface area contributed by atoms with Gasteiger partial charge in [-0.3, -0.25) is 0 Å². The molecule has 0 aromatic heterocycles. The highest BCUT2D eigenvalue weighted by atomic mass is 15.3. The molecule has 0 amide bonds. The molecule has 0 heterocycles. The predicted molar refractivity (Wildman–Crippen MR) is 39.6 cm³/mol. The third-order valence-corrected chi connectivity index (χ3v) is 1.88. The van der Waals surface area contributed by atoms with Crippen LogP contribution in [0.25, 0.3) is 0 Å².